The Morgan fingerprint density at radius 1 is 1.03 bits per heavy atom. The molecule has 1 atom stereocenters. The van der Waals surface area contributed by atoms with E-state index in [1.807, 2.05) is 30.3 Å². The number of benzene rings is 2. The summed E-state index contributed by atoms with van der Waals surface area (Å²) in [7, 11) is 0. The van der Waals surface area contributed by atoms with Crippen LogP contribution in [0.5, 0.6) is 0 Å². The van der Waals surface area contributed by atoms with Crippen LogP contribution in [0, 0.1) is 0 Å². The first-order chi connectivity index (χ1) is 14.4. The molecule has 1 saturated carbocycles. The molecular weight excluding hydrogens is 386 g/mol. The van der Waals surface area contributed by atoms with Crippen LogP contribution < -0.4 is 16.0 Å². The van der Waals surface area contributed by atoms with Crippen LogP contribution in [0.25, 0.3) is 10.8 Å². The van der Waals surface area contributed by atoms with Crippen LogP contribution in [0.1, 0.15) is 43.0 Å². The summed E-state index contributed by atoms with van der Waals surface area (Å²) >= 11 is 0. The Morgan fingerprint density at radius 3 is 2.47 bits per heavy atom. The Bertz CT molecular complexity index is 953. The van der Waals surface area contributed by atoms with E-state index in [9.17, 15) is 19.2 Å². The number of nitrogens with one attached hydrogen (secondary N) is 3. The van der Waals surface area contributed by atoms with E-state index in [0.717, 1.165) is 36.5 Å². The monoisotopic (exact) mass is 411 g/mol. The molecule has 3 N–H and O–H groups in total. The fourth-order valence-corrected chi connectivity index (χ4v) is 3.38. The van der Waals surface area contributed by atoms with Gasteiger partial charge in [0.15, 0.2) is 6.10 Å². The molecule has 3 rings (SSSR count). The highest BCUT2D eigenvalue weighted by molar-refractivity contribution is 6.00. The molecular formula is C22H25N3O5. The number of imide groups is 1. The van der Waals surface area contributed by atoms with Crippen molar-refractivity contribution in [3.8, 4) is 0 Å². The van der Waals surface area contributed by atoms with E-state index in [2.05, 4.69) is 16.0 Å². The number of amides is 4. The Hall–Kier alpha value is -3.42. The number of hydrogen-bond acceptors (Lipinski definition) is 5. The topological polar surface area (TPSA) is 114 Å². The van der Waals surface area contributed by atoms with Crippen molar-refractivity contribution in [2.45, 2.75) is 44.8 Å². The minimum absolute atomic E-state index is 0.0703. The molecule has 2 aromatic rings. The Balaban J connectivity index is 1.42. The van der Waals surface area contributed by atoms with Crippen molar-refractivity contribution < 1.29 is 23.9 Å². The summed E-state index contributed by atoms with van der Waals surface area (Å²) in [5.74, 6) is -1.92. The van der Waals surface area contributed by atoms with E-state index in [1.165, 1.54) is 6.92 Å². The largest absolute Gasteiger partial charge is 0.451 e. The number of ether oxygens (including phenoxy) is 1. The zero-order valence-electron chi connectivity index (χ0n) is 16.8. The molecule has 1 fully saturated rings. The lowest BCUT2D eigenvalue weighted by Crippen LogP contribution is -2.47. The van der Waals surface area contributed by atoms with Gasteiger partial charge < -0.3 is 15.4 Å². The van der Waals surface area contributed by atoms with E-state index < -0.39 is 36.5 Å². The third kappa shape index (κ3) is 5.79. The first-order valence-corrected chi connectivity index (χ1v) is 10.0. The highest BCUT2D eigenvalue weighted by atomic mass is 16.5. The molecule has 0 aliphatic heterocycles. The molecule has 8 heteroatoms. The summed E-state index contributed by atoms with van der Waals surface area (Å²) in [6, 6.07) is 12.3. The van der Waals surface area contributed by atoms with Gasteiger partial charge in [-0.3, -0.25) is 19.7 Å². The predicted molar refractivity (Wildman–Crippen MR) is 111 cm³/mol. The predicted octanol–water partition coefficient (Wildman–Crippen LogP) is 2.27. The molecule has 158 valence electrons. The van der Waals surface area contributed by atoms with Crippen LogP contribution in [-0.4, -0.2) is 42.5 Å². The van der Waals surface area contributed by atoms with E-state index in [4.69, 9.17) is 4.74 Å². The number of rotatable bonds is 6. The summed E-state index contributed by atoms with van der Waals surface area (Å²) in [5, 5.41) is 9.27. The quantitative estimate of drug-likeness (QED) is 0.631. The van der Waals surface area contributed by atoms with Gasteiger partial charge in [0, 0.05) is 11.6 Å². The lowest BCUT2D eigenvalue weighted by molar-refractivity contribution is -0.153. The minimum Gasteiger partial charge on any atom is -0.451 e. The molecule has 0 unspecified atom stereocenters. The Kier molecular flexibility index (Phi) is 7.00. The van der Waals surface area contributed by atoms with Crippen LogP contribution in [0.15, 0.2) is 42.5 Å². The molecule has 0 bridgehead atoms. The SMILES string of the molecule is C[C@@H](OC(=O)CNC(=O)c1ccc2ccccc2c1)C(=O)NC(=O)NC1CCCC1. The lowest BCUT2D eigenvalue weighted by atomic mass is 10.1. The first kappa shape index (κ1) is 21.3. The minimum atomic E-state index is -1.16. The van der Waals surface area contributed by atoms with Crippen molar-refractivity contribution in [2.24, 2.45) is 0 Å². The number of esters is 1. The van der Waals surface area contributed by atoms with Crippen LogP contribution in [0.3, 0.4) is 0 Å². The zero-order chi connectivity index (χ0) is 21.5. The van der Waals surface area contributed by atoms with Gasteiger partial charge in [0.2, 0.25) is 0 Å². The second-order valence-corrected chi connectivity index (χ2v) is 7.32. The van der Waals surface area contributed by atoms with Gasteiger partial charge in [0.1, 0.15) is 6.54 Å². The average Bonchev–Trinajstić information content (AvgIpc) is 3.24. The molecule has 8 nitrogen and oxygen atoms in total. The van der Waals surface area contributed by atoms with Crippen molar-refractivity contribution >= 4 is 34.6 Å². The van der Waals surface area contributed by atoms with Crippen molar-refractivity contribution in [1.82, 2.24) is 16.0 Å². The third-order valence-corrected chi connectivity index (χ3v) is 5.01. The fraction of sp³-hybridized carbons (Fsp3) is 0.364. The molecule has 0 saturated heterocycles. The summed E-state index contributed by atoms with van der Waals surface area (Å²) in [4.78, 5) is 48.1. The van der Waals surface area contributed by atoms with Crippen LogP contribution in [-0.2, 0) is 14.3 Å². The number of hydrogen-bond donors (Lipinski definition) is 3. The van der Waals surface area contributed by atoms with Crippen molar-refractivity contribution in [3.63, 3.8) is 0 Å². The van der Waals surface area contributed by atoms with Gasteiger partial charge in [-0.2, -0.15) is 0 Å². The van der Waals surface area contributed by atoms with Crippen LogP contribution >= 0.6 is 0 Å². The van der Waals surface area contributed by atoms with E-state index >= 15 is 0 Å². The summed E-state index contributed by atoms with van der Waals surface area (Å²) in [6.45, 7) is 0.971. The van der Waals surface area contributed by atoms with Crippen LogP contribution in [0.4, 0.5) is 4.79 Å². The van der Waals surface area contributed by atoms with Gasteiger partial charge in [-0.1, -0.05) is 43.2 Å². The van der Waals surface area contributed by atoms with Crippen molar-refractivity contribution in [2.75, 3.05) is 6.54 Å². The van der Waals surface area contributed by atoms with Crippen molar-refractivity contribution in [1.29, 1.82) is 0 Å². The Morgan fingerprint density at radius 2 is 1.73 bits per heavy atom. The summed E-state index contributed by atoms with van der Waals surface area (Å²) < 4.78 is 4.99. The molecule has 2 aromatic carbocycles. The molecule has 30 heavy (non-hydrogen) atoms. The number of urea groups is 1. The molecule has 0 aromatic heterocycles. The second kappa shape index (κ2) is 9.87. The van der Waals surface area contributed by atoms with E-state index in [0.29, 0.717) is 5.56 Å². The van der Waals surface area contributed by atoms with Gasteiger partial charge in [0.05, 0.1) is 0 Å². The number of carbonyl (C=O) groups is 4. The van der Waals surface area contributed by atoms with Gasteiger partial charge >= 0.3 is 12.0 Å². The maximum Gasteiger partial charge on any atom is 0.326 e. The molecule has 4 amide bonds. The number of carbonyl (C=O) groups excluding carboxylic acids is 4. The fourth-order valence-electron chi connectivity index (χ4n) is 3.38. The smallest absolute Gasteiger partial charge is 0.326 e. The van der Waals surface area contributed by atoms with Crippen molar-refractivity contribution in [3.05, 3.63) is 48.0 Å². The van der Waals surface area contributed by atoms with Gasteiger partial charge in [0.25, 0.3) is 11.8 Å². The summed E-state index contributed by atoms with van der Waals surface area (Å²) in [6.07, 6.45) is 2.73. The normalized spacial score (nSPS) is 14.7. The third-order valence-electron chi connectivity index (χ3n) is 5.01. The molecule has 0 spiro atoms. The second-order valence-electron chi connectivity index (χ2n) is 7.32. The Labute approximate surface area is 174 Å². The summed E-state index contributed by atoms with van der Waals surface area (Å²) in [5.41, 5.74) is 0.413. The highest BCUT2D eigenvalue weighted by Crippen LogP contribution is 2.17. The van der Waals surface area contributed by atoms with Gasteiger partial charge in [-0.05, 0) is 42.7 Å². The maximum atomic E-state index is 12.3. The maximum absolute atomic E-state index is 12.3. The number of fused-ring (bicyclic) bond motifs is 1. The standard InChI is InChI=1S/C22H25N3O5/c1-14(20(27)25-22(29)24-18-8-4-5-9-18)30-19(26)13-23-21(28)17-11-10-15-6-2-3-7-16(15)12-17/h2-3,6-7,10-12,14,18H,4-5,8-9,13H2,1H3,(H,23,28)(H2,24,25,27,29)/t14-/m1/s1. The van der Waals surface area contributed by atoms with E-state index in [-0.39, 0.29) is 6.04 Å². The van der Waals surface area contributed by atoms with E-state index in [1.54, 1.807) is 12.1 Å². The molecule has 0 radical (unpaired) electrons. The highest BCUT2D eigenvalue weighted by Gasteiger charge is 2.22. The molecule has 0 heterocycles. The van der Waals surface area contributed by atoms with Gasteiger partial charge in [-0.25, -0.2) is 4.79 Å². The lowest BCUT2D eigenvalue weighted by Gasteiger charge is -2.15. The van der Waals surface area contributed by atoms with Gasteiger partial charge in [-0.15, -0.1) is 0 Å². The average molecular weight is 411 g/mol. The molecule has 1 aliphatic carbocycles. The first-order valence-electron chi connectivity index (χ1n) is 10.0. The molecule has 1 aliphatic rings. The zero-order valence-corrected chi connectivity index (χ0v) is 16.8. The van der Waals surface area contributed by atoms with Crippen LogP contribution in [0.2, 0.25) is 0 Å².